The number of benzene rings is 2. The first-order valence-corrected chi connectivity index (χ1v) is 10.9. The molecule has 2 rings (SSSR count). The molecule has 2 aromatic rings. The Kier molecular flexibility index (Phi) is 7.87. The molecule has 0 aliphatic heterocycles. The summed E-state index contributed by atoms with van der Waals surface area (Å²) in [5.74, 6) is 0.275. The molecule has 3 nitrogen and oxygen atoms in total. The van der Waals surface area contributed by atoms with E-state index in [0.717, 1.165) is 15.6 Å². The second kappa shape index (κ2) is 9.65. The third-order valence-corrected chi connectivity index (χ3v) is 7.16. The van der Waals surface area contributed by atoms with E-state index in [9.17, 15) is 5.11 Å². The number of phenols is 1. The fourth-order valence-corrected chi connectivity index (χ4v) is 6.03. The zero-order valence-corrected chi connectivity index (χ0v) is 16.4. The van der Waals surface area contributed by atoms with Crippen LogP contribution in [0.1, 0.15) is 30.2 Å². The third-order valence-electron chi connectivity index (χ3n) is 3.03. The summed E-state index contributed by atoms with van der Waals surface area (Å²) in [5, 5.41) is 10.3. The van der Waals surface area contributed by atoms with E-state index >= 15 is 0 Å². The minimum absolute atomic E-state index is 0.0575. The number of hydrogen-bond acceptors (Lipinski definition) is 4. The van der Waals surface area contributed by atoms with Crippen LogP contribution in [0.4, 0.5) is 0 Å². The summed E-state index contributed by atoms with van der Waals surface area (Å²) in [6.07, 6.45) is 0. The van der Waals surface area contributed by atoms with Crippen LogP contribution >= 0.6 is 34.9 Å². The maximum atomic E-state index is 10.3. The van der Waals surface area contributed by atoms with Gasteiger partial charge in [0, 0.05) is 10.0 Å². The Morgan fingerprint density at radius 2 is 1.74 bits per heavy atom. The maximum Gasteiger partial charge on any atom is 0.238 e. The Hall–Kier alpha value is -0.580. The van der Waals surface area contributed by atoms with Crippen molar-refractivity contribution in [2.45, 2.75) is 19.1 Å². The first kappa shape index (κ1) is 18.8. The molecular weight excluding hydrogens is 395 g/mol. The van der Waals surface area contributed by atoms with Gasteiger partial charge in [-0.15, -0.1) is 0 Å². The summed E-state index contributed by atoms with van der Waals surface area (Å²) in [7, 11) is -1.08. The molecule has 1 unspecified atom stereocenters. The second-order valence-electron chi connectivity index (χ2n) is 4.66. The average Bonchev–Trinajstić information content (AvgIpc) is 2.56. The lowest BCUT2D eigenvalue weighted by atomic mass is 10.0. The van der Waals surface area contributed by atoms with Crippen LogP contribution in [0.25, 0.3) is 0 Å². The van der Waals surface area contributed by atoms with Gasteiger partial charge in [-0.1, -0.05) is 57.6 Å². The molecule has 0 radical (unpaired) electrons. The molecule has 1 N–H and O–H groups in total. The molecular formula is C17H20BrO3PS. The standard InChI is InChI=1S/C17H20BrO3PS/c1-3-20-22(21-4-2)23-17(13-8-6-5-7-9-13)15-12-14(18)10-11-16(15)19/h5-12,17,19H,3-4H2,1-2H3. The van der Waals surface area contributed by atoms with Crippen LogP contribution in [0.2, 0.25) is 0 Å². The topological polar surface area (TPSA) is 38.7 Å². The van der Waals surface area contributed by atoms with E-state index in [-0.39, 0.29) is 11.0 Å². The summed E-state index contributed by atoms with van der Waals surface area (Å²) in [5.41, 5.74) is 1.96. The molecule has 0 heterocycles. The Morgan fingerprint density at radius 3 is 2.35 bits per heavy atom. The minimum atomic E-state index is -1.08. The van der Waals surface area contributed by atoms with Crippen molar-refractivity contribution >= 4 is 34.9 Å². The molecule has 0 bridgehead atoms. The molecule has 23 heavy (non-hydrogen) atoms. The lowest BCUT2D eigenvalue weighted by Gasteiger charge is -2.23. The molecule has 0 aromatic heterocycles. The Morgan fingerprint density at radius 1 is 1.09 bits per heavy atom. The van der Waals surface area contributed by atoms with E-state index in [1.807, 2.05) is 44.2 Å². The van der Waals surface area contributed by atoms with Gasteiger partial charge in [-0.05, 0) is 37.6 Å². The number of aromatic hydroxyl groups is 1. The van der Waals surface area contributed by atoms with Crippen LogP contribution in [0, 0.1) is 0 Å². The van der Waals surface area contributed by atoms with Crippen molar-refractivity contribution in [3.63, 3.8) is 0 Å². The summed E-state index contributed by atoms with van der Waals surface area (Å²) in [4.78, 5) is 0. The van der Waals surface area contributed by atoms with Gasteiger partial charge in [-0.3, -0.25) is 0 Å². The highest BCUT2D eigenvalue weighted by atomic mass is 79.9. The van der Waals surface area contributed by atoms with Crippen molar-refractivity contribution in [3.05, 3.63) is 64.1 Å². The van der Waals surface area contributed by atoms with Gasteiger partial charge >= 0.3 is 0 Å². The quantitative estimate of drug-likeness (QED) is 0.516. The summed E-state index contributed by atoms with van der Waals surface area (Å²) < 4.78 is 12.4. The molecule has 0 amide bonds. The van der Waals surface area contributed by atoms with Crippen LogP contribution in [-0.2, 0) is 9.05 Å². The zero-order valence-electron chi connectivity index (χ0n) is 13.1. The minimum Gasteiger partial charge on any atom is -0.508 e. The fraction of sp³-hybridized carbons (Fsp3) is 0.294. The smallest absolute Gasteiger partial charge is 0.238 e. The van der Waals surface area contributed by atoms with Crippen molar-refractivity contribution in [2.75, 3.05) is 13.2 Å². The highest BCUT2D eigenvalue weighted by Gasteiger charge is 2.25. The number of halogens is 1. The first-order chi connectivity index (χ1) is 11.2. The van der Waals surface area contributed by atoms with E-state index in [4.69, 9.17) is 9.05 Å². The van der Waals surface area contributed by atoms with Crippen LogP contribution in [0.5, 0.6) is 5.75 Å². The maximum absolute atomic E-state index is 10.3. The van der Waals surface area contributed by atoms with Crippen LogP contribution < -0.4 is 0 Å². The first-order valence-electron chi connectivity index (χ1n) is 7.41. The predicted octanol–water partition coefficient (Wildman–Crippen LogP) is 6.28. The Bertz CT molecular complexity index is 606. The van der Waals surface area contributed by atoms with Crippen LogP contribution in [-0.4, -0.2) is 18.3 Å². The Balaban J connectivity index is 2.37. The number of hydrogen-bond donors (Lipinski definition) is 1. The SMILES string of the molecule is CCOP(OCC)SC(c1ccccc1)c1cc(Br)ccc1O. The van der Waals surface area contributed by atoms with E-state index in [1.54, 1.807) is 17.4 Å². The molecule has 0 saturated heterocycles. The molecule has 0 aliphatic carbocycles. The fourth-order valence-electron chi connectivity index (χ4n) is 2.06. The van der Waals surface area contributed by atoms with Crippen molar-refractivity contribution in [1.29, 1.82) is 0 Å². The van der Waals surface area contributed by atoms with E-state index in [1.165, 1.54) is 0 Å². The summed E-state index contributed by atoms with van der Waals surface area (Å²) in [6, 6.07) is 15.6. The highest BCUT2D eigenvalue weighted by molar-refractivity contribution is 9.10. The lowest BCUT2D eigenvalue weighted by molar-refractivity contribution is 0.283. The average molecular weight is 415 g/mol. The molecule has 0 aliphatic rings. The van der Waals surface area contributed by atoms with Crippen molar-refractivity contribution in [2.24, 2.45) is 0 Å². The van der Waals surface area contributed by atoms with Gasteiger partial charge in [0.2, 0.25) is 7.58 Å². The van der Waals surface area contributed by atoms with Gasteiger partial charge in [0.15, 0.2) is 0 Å². The Labute approximate surface area is 151 Å². The molecule has 2 aromatic carbocycles. The highest BCUT2D eigenvalue weighted by Crippen LogP contribution is 2.60. The zero-order chi connectivity index (χ0) is 16.7. The molecule has 6 heteroatoms. The summed E-state index contributed by atoms with van der Waals surface area (Å²) in [6.45, 7) is 5.13. The second-order valence-corrected chi connectivity index (χ2v) is 8.75. The molecule has 124 valence electrons. The van der Waals surface area contributed by atoms with Crippen molar-refractivity contribution < 1.29 is 14.2 Å². The molecule has 0 saturated carbocycles. The predicted molar refractivity (Wildman–Crippen MR) is 102 cm³/mol. The van der Waals surface area contributed by atoms with E-state index in [2.05, 4.69) is 28.1 Å². The van der Waals surface area contributed by atoms with Gasteiger partial charge < -0.3 is 14.2 Å². The van der Waals surface area contributed by atoms with Crippen LogP contribution in [0.15, 0.2) is 53.0 Å². The van der Waals surface area contributed by atoms with Crippen molar-refractivity contribution in [3.8, 4) is 5.75 Å². The monoisotopic (exact) mass is 414 g/mol. The third kappa shape index (κ3) is 5.47. The molecule has 0 fully saturated rings. The van der Waals surface area contributed by atoms with Gasteiger partial charge in [0.05, 0.1) is 18.5 Å². The van der Waals surface area contributed by atoms with Gasteiger partial charge in [0.25, 0.3) is 0 Å². The largest absolute Gasteiger partial charge is 0.508 e. The van der Waals surface area contributed by atoms with E-state index in [0.29, 0.717) is 13.2 Å². The van der Waals surface area contributed by atoms with E-state index < -0.39 is 7.58 Å². The normalized spacial score (nSPS) is 12.5. The van der Waals surface area contributed by atoms with Crippen LogP contribution in [0.3, 0.4) is 0 Å². The summed E-state index contributed by atoms with van der Waals surface area (Å²) >= 11 is 5.09. The number of rotatable bonds is 8. The lowest BCUT2D eigenvalue weighted by Crippen LogP contribution is -1.99. The molecule has 1 atom stereocenters. The van der Waals surface area contributed by atoms with Crippen molar-refractivity contribution in [1.82, 2.24) is 0 Å². The van der Waals surface area contributed by atoms with Gasteiger partial charge in [-0.25, -0.2) is 0 Å². The molecule has 0 spiro atoms. The van der Waals surface area contributed by atoms with Gasteiger partial charge in [0.1, 0.15) is 5.75 Å². The number of phenolic OH excluding ortho intramolecular Hbond substituents is 1. The van der Waals surface area contributed by atoms with Gasteiger partial charge in [-0.2, -0.15) is 0 Å².